The van der Waals surface area contributed by atoms with E-state index in [1.54, 1.807) is 0 Å². The number of nitrogens with one attached hydrogen (secondary N) is 1. The summed E-state index contributed by atoms with van der Waals surface area (Å²) in [5.41, 5.74) is 6.35. The molecule has 0 aromatic rings. The van der Waals surface area contributed by atoms with Gasteiger partial charge in [-0.15, -0.1) is 0 Å². The molecule has 5 nitrogen and oxygen atoms in total. The van der Waals surface area contributed by atoms with Crippen LogP contribution in [0.4, 0.5) is 0 Å². The van der Waals surface area contributed by atoms with Gasteiger partial charge in [-0.1, -0.05) is 20.8 Å². The Morgan fingerprint density at radius 2 is 1.82 bits per heavy atom. The van der Waals surface area contributed by atoms with Crippen molar-refractivity contribution >= 4 is 5.97 Å². The van der Waals surface area contributed by atoms with Gasteiger partial charge < -0.3 is 20.9 Å². The highest BCUT2D eigenvalue weighted by Crippen LogP contribution is 2.68. The zero-order chi connectivity index (χ0) is 24.5. The van der Waals surface area contributed by atoms with Crippen LogP contribution in [0.15, 0.2) is 0 Å². The number of esters is 1. The average molecular weight is 477 g/mol. The predicted octanol–water partition coefficient (Wildman–Crippen LogP) is 4.90. The Morgan fingerprint density at radius 3 is 2.56 bits per heavy atom. The molecule has 10 atom stereocenters. The van der Waals surface area contributed by atoms with Crippen LogP contribution >= 0.6 is 0 Å². The molecule has 0 radical (unpaired) electrons. The van der Waals surface area contributed by atoms with E-state index in [2.05, 4.69) is 26.1 Å². The van der Waals surface area contributed by atoms with Crippen molar-refractivity contribution in [1.29, 1.82) is 0 Å². The van der Waals surface area contributed by atoms with Crippen molar-refractivity contribution in [2.24, 2.45) is 52.1 Å². The normalized spacial score (nSPS) is 44.6. The summed E-state index contributed by atoms with van der Waals surface area (Å²) in [6.45, 7) is 9.33. The van der Waals surface area contributed by atoms with E-state index in [1.165, 1.54) is 58.5 Å². The van der Waals surface area contributed by atoms with E-state index in [0.29, 0.717) is 58.8 Å². The predicted molar refractivity (Wildman–Crippen MR) is 137 cm³/mol. The third kappa shape index (κ3) is 4.83. The van der Waals surface area contributed by atoms with Crippen LogP contribution in [0.1, 0.15) is 97.8 Å². The van der Waals surface area contributed by atoms with Crippen LogP contribution in [0.2, 0.25) is 0 Å². The first-order valence-electron chi connectivity index (χ1n) is 14.4. The number of carbonyl (C=O) groups is 1. The maximum absolute atomic E-state index is 11.7. The lowest BCUT2D eigenvalue weighted by Gasteiger charge is -2.62. The van der Waals surface area contributed by atoms with Gasteiger partial charge in [0.2, 0.25) is 0 Å². The van der Waals surface area contributed by atoms with Gasteiger partial charge in [0, 0.05) is 12.5 Å². The average Bonchev–Trinajstić information content (AvgIpc) is 3.18. The van der Waals surface area contributed by atoms with Crippen molar-refractivity contribution in [2.45, 2.75) is 110 Å². The third-order valence-corrected chi connectivity index (χ3v) is 11.5. The second-order valence-corrected chi connectivity index (χ2v) is 13.0. The molecule has 4 rings (SSSR count). The number of nitrogens with two attached hydrogens (primary N) is 1. The molecule has 0 spiro atoms. The first-order chi connectivity index (χ1) is 16.2. The van der Waals surface area contributed by atoms with Gasteiger partial charge in [0.1, 0.15) is 0 Å². The minimum atomic E-state index is -0.146. The molecule has 0 aromatic carbocycles. The summed E-state index contributed by atoms with van der Waals surface area (Å²) in [6, 6.07) is 0.611. The molecule has 196 valence electrons. The molecular formula is C29H52N2O3. The molecule has 3 unspecified atom stereocenters. The number of fused-ring (bicyclic) bond motifs is 5. The quantitative estimate of drug-likeness (QED) is 0.325. The van der Waals surface area contributed by atoms with Gasteiger partial charge in [-0.3, -0.25) is 4.79 Å². The van der Waals surface area contributed by atoms with Gasteiger partial charge in [0.15, 0.2) is 0 Å². The zero-order valence-electron chi connectivity index (χ0n) is 22.4. The van der Waals surface area contributed by atoms with Crippen molar-refractivity contribution in [3.8, 4) is 0 Å². The van der Waals surface area contributed by atoms with Crippen LogP contribution < -0.4 is 11.1 Å². The minimum absolute atomic E-state index is 0.0820. The summed E-state index contributed by atoms with van der Waals surface area (Å²) in [4.78, 5) is 11.7. The largest absolute Gasteiger partial charge is 0.469 e. The van der Waals surface area contributed by atoms with Crippen LogP contribution in [-0.2, 0) is 9.53 Å². The molecule has 0 saturated heterocycles. The fraction of sp³-hybridized carbons (Fsp3) is 0.966. The Labute approximate surface area is 208 Å². The molecule has 4 aliphatic carbocycles. The standard InChI is InChI=1S/C29H52N2O3/c1-19(7-10-26(33)34-4)22-8-9-23-27-24(12-14-29(22,23)3)28(2)13-11-21(31-16-6-5-15-30)17-20(28)18-25(27)32/h19-25,27,31-32H,5-18,30H2,1-4H3/t19-,20-,21-,22-,23?,24?,25-,27?,28+,29-/m1/s1. The number of aliphatic hydroxyl groups excluding tert-OH is 1. The van der Waals surface area contributed by atoms with Gasteiger partial charge in [0.05, 0.1) is 13.2 Å². The highest BCUT2D eigenvalue weighted by molar-refractivity contribution is 5.69. The lowest BCUT2D eigenvalue weighted by molar-refractivity contribution is -0.167. The summed E-state index contributed by atoms with van der Waals surface area (Å²) in [7, 11) is 1.49. The van der Waals surface area contributed by atoms with E-state index in [9.17, 15) is 9.90 Å². The number of hydrogen-bond acceptors (Lipinski definition) is 5. The van der Waals surface area contributed by atoms with Gasteiger partial charge in [-0.25, -0.2) is 0 Å². The van der Waals surface area contributed by atoms with E-state index >= 15 is 0 Å². The third-order valence-electron chi connectivity index (χ3n) is 11.5. The Hall–Kier alpha value is -0.650. The molecule has 5 heteroatoms. The number of ether oxygens (including phenoxy) is 1. The molecule has 4 N–H and O–H groups in total. The minimum Gasteiger partial charge on any atom is -0.469 e. The second kappa shape index (κ2) is 10.8. The molecule has 0 aromatic heterocycles. The van der Waals surface area contributed by atoms with Crippen molar-refractivity contribution < 1.29 is 14.6 Å². The van der Waals surface area contributed by atoms with Crippen LogP contribution in [0, 0.1) is 46.3 Å². The number of carbonyl (C=O) groups excluding carboxylic acids is 1. The molecule has 4 fully saturated rings. The molecule has 0 bridgehead atoms. The Bertz CT molecular complexity index is 701. The van der Waals surface area contributed by atoms with Crippen LogP contribution in [0.5, 0.6) is 0 Å². The number of rotatable bonds is 9. The summed E-state index contributed by atoms with van der Waals surface area (Å²) in [6.07, 6.45) is 13.5. The van der Waals surface area contributed by atoms with Crippen molar-refractivity contribution in [1.82, 2.24) is 5.32 Å². The summed E-state index contributed by atoms with van der Waals surface area (Å²) < 4.78 is 4.90. The van der Waals surface area contributed by atoms with Crippen molar-refractivity contribution in [3.63, 3.8) is 0 Å². The van der Waals surface area contributed by atoms with E-state index in [-0.39, 0.29) is 12.1 Å². The first-order valence-corrected chi connectivity index (χ1v) is 14.4. The van der Waals surface area contributed by atoms with Crippen molar-refractivity contribution in [3.05, 3.63) is 0 Å². The first kappa shape index (κ1) is 26.4. The zero-order valence-corrected chi connectivity index (χ0v) is 22.4. The number of aliphatic hydroxyl groups is 1. The summed E-state index contributed by atoms with van der Waals surface area (Å²) in [5.74, 6) is 3.53. The highest BCUT2D eigenvalue weighted by Gasteiger charge is 2.62. The molecule has 0 heterocycles. The topological polar surface area (TPSA) is 84.6 Å². The fourth-order valence-electron chi connectivity index (χ4n) is 9.61. The Kier molecular flexibility index (Phi) is 8.36. The molecule has 4 saturated carbocycles. The van der Waals surface area contributed by atoms with E-state index in [4.69, 9.17) is 10.5 Å². The van der Waals surface area contributed by atoms with E-state index < -0.39 is 0 Å². The Morgan fingerprint density at radius 1 is 1.09 bits per heavy atom. The maximum atomic E-state index is 11.7. The molecule has 0 aliphatic heterocycles. The van der Waals surface area contributed by atoms with E-state index in [1.807, 2.05) is 0 Å². The van der Waals surface area contributed by atoms with Gasteiger partial charge >= 0.3 is 5.97 Å². The van der Waals surface area contributed by atoms with Gasteiger partial charge in [0.25, 0.3) is 0 Å². The monoisotopic (exact) mass is 476 g/mol. The molecule has 34 heavy (non-hydrogen) atoms. The lowest BCUT2D eigenvalue weighted by Crippen LogP contribution is -2.59. The highest BCUT2D eigenvalue weighted by atomic mass is 16.5. The maximum Gasteiger partial charge on any atom is 0.305 e. The summed E-state index contributed by atoms with van der Waals surface area (Å²) in [5, 5.41) is 15.4. The van der Waals surface area contributed by atoms with Crippen LogP contribution in [0.3, 0.4) is 0 Å². The summed E-state index contributed by atoms with van der Waals surface area (Å²) >= 11 is 0. The fourth-order valence-corrected chi connectivity index (χ4v) is 9.61. The lowest BCUT2D eigenvalue weighted by atomic mass is 9.43. The van der Waals surface area contributed by atoms with Gasteiger partial charge in [-0.2, -0.15) is 0 Å². The molecular weight excluding hydrogens is 424 g/mol. The smallest absolute Gasteiger partial charge is 0.305 e. The van der Waals surface area contributed by atoms with Gasteiger partial charge in [-0.05, 0) is 130 Å². The number of hydrogen-bond donors (Lipinski definition) is 3. The number of unbranched alkanes of at least 4 members (excludes halogenated alkanes) is 1. The Balaban J connectivity index is 1.42. The molecule has 4 aliphatic rings. The van der Waals surface area contributed by atoms with E-state index in [0.717, 1.165) is 32.4 Å². The molecule has 0 amide bonds. The van der Waals surface area contributed by atoms with Crippen LogP contribution in [0.25, 0.3) is 0 Å². The van der Waals surface area contributed by atoms with Crippen LogP contribution in [-0.4, -0.2) is 43.4 Å². The van der Waals surface area contributed by atoms with Crippen molar-refractivity contribution in [2.75, 3.05) is 20.2 Å². The SMILES string of the molecule is COC(=O)CC[C@@H](C)[C@H]1CCC2C3C(CC[C@@]21C)[C@@]1(C)CC[C@@H](NCCCCN)C[C@@H]1C[C@H]3O. The second-order valence-electron chi connectivity index (χ2n) is 13.0. The number of methoxy groups -OCH3 is 1.